The van der Waals surface area contributed by atoms with Crippen LogP contribution < -0.4 is 0 Å². The predicted octanol–water partition coefficient (Wildman–Crippen LogP) is 3.80. The van der Waals surface area contributed by atoms with Gasteiger partial charge in [0.15, 0.2) is 0 Å². The van der Waals surface area contributed by atoms with E-state index >= 15 is 0 Å². The van der Waals surface area contributed by atoms with Crippen LogP contribution in [0.25, 0.3) is 0 Å². The van der Waals surface area contributed by atoms with Gasteiger partial charge >= 0.3 is 0 Å². The number of nitro benzene ring substituents is 1. The van der Waals surface area contributed by atoms with Gasteiger partial charge in [0.1, 0.15) is 0 Å². The molecule has 1 aromatic rings. The van der Waals surface area contributed by atoms with E-state index in [1.807, 2.05) is 12.1 Å². The zero-order chi connectivity index (χ0) is 16.2. The summed E-state index contributed by atoms with van der Waals surface area (Å²) in [6.07, 6.45) is 5.18. The number of nitrogens with zero attached hydrogens (tertiary/aromatic N) is 3. The van der Waals surface area contributed by atoms with Gasteiger partial charge in [-0.25, -0.2) is 4.31 Å². The fraction of sp³-hybridized carbons (Fsp3) is 0.647. The van der Waals surface area contributed by atoms with Crippen LogP contribution in [0.2, 0.25) is 0 Å². The third-order valence-electron chi connectivity index (χ3n) is 4.91. The van der Waals surface area contributed by atoms with Gasteiger partial charge in [0.25, 0.3) is 5.69 Å². The van der Waals surface area contributed by atoms with Gasteiger partial charge in [0, 0.05) is 42.7 Å². The number of rotatable bonds is 4. The molecular formula is C17H25N3O2S. The van der Waals surface area contributed by atoms with Crippen molar-refractivity contribution in [3.63, 3.8) is 0 Å². The van der Waals surface area contributed by atoms with Crippen molar-refractivity contribution >= 4 is 17.6 Å². The standard InChI is InChI=1S/C17H25N3O2S/c1-14-3-2-10-18(13-14)15-8-11-19(12-9-15)23-17-6-4-16(5-7-17)20(21)22/h4-7,14-15H,2-3,8-13H2,1H3. The van der Waals surface area contributed by atoms with E-state index in [-0.39, 0.29) is 10.6 Å². The van der Waals surface area contributed by atoms with Gasteiger partial charge in [-0.1, -0.05) is 6.92 Å². The van der Waals surface area contributed by atoms with Gasteiger partial charge in [-0.05, 0) is 62.2 Å². The van der Waals surface area contributed by atoms with Crippen LogP contribution in [0.4, 0.5) is 5.69 Å². The fourth-order valence-corrected chi connectivity index (χ4v) is 4.58. The lowest BCUT2D eigenvalue weighted by Gasteiger charge is -2.41. The van der Waals surface area contributed by atoms with Crippen molar-refractivity contribution in [3.8, 4) is 0 Å². The first kappa shape index (κ1) is 16.7. The number of non-ortho nitro benzene ring substituents is 1. The summed E-state index contributed by atoms with van der Waals surface area (Å²) in [6.45, 7) is 7.09. The first-order chi connectivity index (χ1) is 11.1. The average Bonchev–Trinajstić information content (AvgIpc) is 2.56. The molecule has 0 aromatic heterocycles. The van der Waals surface area contributed by atoms with Crippen LogP contribution in [0.1, 0.15) is 32.6 Å². The first-order valence-corrected chi connectivity index (χ1v) is 9.30. The number of piperidine rings is 2. The van der Waals surface area contributed by atoms with Crippen molar-refractivity contribution in [2.75, 3.05) is 26.2 Å². The van der Waals surface area contributed by atoms with Crippen LogP contribution >= 0.6 is 11.9 Å². The zero-order valence-electron chi connectivity index (χ0n) is 13.7. The third kappa shape index (κ3) is 4.46. The van der Waals surface area contributed by atoms with Crippen LogP contribution in [0.15, 0.2) is 29.2 Å². The van der Waals surface area contributed by atoms with Crippen molar-refractivity contribution in [3.05, 3.63) is 34.4 Å². The molecule has 1 atom stereocenters. The Kier molecular flexibility index (Phi) is 5.56. The van der Waals surface area contributed by atoms with Crippen LogP contribution in [-0.2, 0) is 0 Å². The lowest BCUT2D eigenvalue weighted by Crippen LogP contribution is -2.46. The lowest BCUT2D eigenvalue weighted by atomic mass is 9.96. The summed E-state index contributed by atoms with van der Waals surface area (Å²) in [6, 6.07) is 7.61. The monoisotopic (exact) mass is 335 g/mol. The summed E-state index contributed by atoms with van der Waals surface area (Å²) in [4.78, 5) is 14.1. The maximum Gasteiger partial charge on any atom is 0.269 e. The minimum Gasteiger partial charge on any atom is -0.300 e. The Morgan fingerprint density at radius 3 is 2.43 bits per heavy atom. The van der Waals surface area contributed by atoms with Crippen LogP contribution in [0.5, 0.6) is 0 Å². The largest absolute Gasteiger partial charge is 0.300 e. The van der Waals surface area contributed by atoms with Gasteiger partial charge in [-0.15, -0.1) is 0 Å². The Morgan fingerprint density at radius 1 is 1.13 bits per heavy atom. The van der Waals surface area contributed by atoms with Gasteiger partial charge in [-0.2, -0.15) is 0 Å². The van der Waals surface area contributed by atoms with E-state index in [1.165, 1.54) is 38.8 Å². The van der Waals surface area contributed by atoms with E-state index in [0.717, 1.165) is 29.9 Å². The molecule has 1 aromatic carbocycles. The molecule has 5 nitrogen and oxygen atoms in total. The molecule has 2 aliphatic rings. The summed E-state index contributed by atoms with van der Waals surface area (Å²) in [5.41, 5.74) is 0.160. The summed E-state index contributed by atoms with van der Waals surface area (Å²) in [5, 5.41) is 10.7. The highest BCUT2D eigenvalue weighted by Crippen LogP contribution is 2.30. The topological polar surface area (TPSA) is 49.6 Å². The molecule has 126 valence electrons. The summed E-state index contributed by atoms with van der Waals surface area (Å²) in [5.74, 6) is 0.844. The highest BCUT2D eigenvalue weighted by atomic mass is 32.2. The normalized spacial score (nSPS) is 24.7. The maximum absolute atomic E-state index is 10.7. The van der Waals surface area contributed by atoms with Crippen molar-refractivity contribution in [1.29, 1.82) is 0 Å². The predicted molar refractivity (Wildman–Crippen MR) is 93.5 cm³/mol. The van der Waals surface area contributed by atoms with Crippen molar-refractivity contribution in [2.45, 2.75) is 43.5 Å². The number of hydrogen-bond acceptors (Lipinski definition) is 5. The Morgan fingerprint density at radius 2 is 1.83 bits per heavy atom. The lowest BCUT2D eigenvalue weighted by molar-refractivity contribution is -0.384. The van der Waals surface area contributed by atoms with Crippen LogP contribution in [-0.4, -0.2) is 46.3 Å². The number of likely N-dealkylation sites (tertiary alicyclic amines) is 1. The Labute approximate surface area is 142 Å². The van der Waals surface area contributed by atoms with E-state index in [9.17, 15) is 10.1 Å². The van der Waals surface area contributed by atoms with Gasteiger partial charge in [0.05, 0.1) is 4.92 Å². The minimum absolute atomic E-state index is 0.160. The molecule has 23 heavy (non-hydrogen) atoms. The second kappa shape index (κ2) is 7.64. The number of nitro groups is 1. The molecule has 2 saturated heterocycles. The smallest absolute Gasteiger partial charge is 0.269 e. The zero-order valence-corrected chi connectivity index (χ0v) is 14.5. The van der Waals surface area contributed by atoms with Crippen LogP contribution in [0.3, 0.4) is 0 Å². The molecule has 2 fully saturated rings. The quantitative estimate of drug-likeness (QED) is 0.476. The molecule has 0 N–H and O–H groups in total. The SMILES string of the molecule is CC1CCCN(C2CCN(Sc3ccc([N+](=O)[O-])cc3)CC2)C1. The van der Waals surface area contributed by atoms with Crippen molar-refractivity contribution < 1.29 is 4.92 Å². The van der Waals surface area contributed by atoms with Crippen molar-refractivity contribution in [2.24, 2.45) is 5.92 Å². The van der Waals surface area contributed by atoms with Gasteiger partial charge in [-0.3, -0.25) is 10.1 Å². The molecule has 0 aliphatic carbocycles. The highest BCUT2D eigenvalue weighted by molar-refractivity contribution is 7.97. The van der Waals surface area contributed by atoms with E-state index in [1.54, 1.807) is 24.1 Å². The molecule has 6 heteroatoms. The number of benzene rings is 1. The number of hydrogen-bond donors (Lipinski definition) is 0. The minimum atomic E-state index is -0.348. The first-order valence-electron chi connectivity index (χ1n) is 8.53. The summed E-state index contributed by atoms with van der Waals surface area (Å²) >= 11 is 1.73. The fourth-order valence-electron chi connectivity index (χ4n) is 3.63. The summed E-state index contributed by atoms with van der Waals surface area (Å²) < 4.78 is 2.39. The molecule has 3 rings (SSSR count). The molecule has 2 aliphatic heterocycles. The summed E-state index contributed by atoms with van der Waals surface area (Å²) in [7, 11) is 0. The maximum atomic E-state index is 10.7. The second-order valence-electron chi connectivity index (χ2n) is 6.74. The highest BCUT2D eigenvalue weighted by Gasteiger charge is 2.27. The Hall–Kier alpha value is -1.11. The molecule has 0 bridgehead atoms. The molecule has 0 spiro atoms. The Balaban J connectivity index is 1.48. The molecule has 0 saturated carbocycles. The van der Waals surface area contributed by atoms with E-state index in [0.29, 0.717) is 0 Å². The second-order valence-corrected chi connectivity index (χ2v) is 7.92. The molecule has 0 amide bonds. The van der Waals surface area contributed by atoms with Gasteiger partial charge < -0.3 is 4.90 Å². The molecule has 0 radical (unpaired) electrons. The van der Waals surface area contributed by atoms with E-state index in [2.05, 4.69) is 16.1 Å². The third-order valence-corrected chi connectivity index (χ3v) is 6.02. The van der Waals surface area contributed by atoms with E-state index < -0.39 is 0 Å². The molecule has 1 unspecified atom stereocenters. The molecular weight excluding hydrogens is 310 g/mol. The average molecular weight is 335 g/mol. The van der Waals surface area contributed by atoms with Crippen LogP contribution in [0, 0.1) is 16.0 Å². The molecule has 2 heterocycles. The van der Waals surface area contributed by atoms with E-state index in [4.69, 9.17) is 0 Å². The van der Waals surface area contributed by atoms with Crippen molar-refractivity contribution in [1.82, 2.24) is 9.21 Å². The Bertz CT molecular complexity index is 529. The van der Waals surface area contributed by atoms with Gasteiger partial charge in [0.2, 0.25) is 0 Å².